The van der Waals surface area contributed by atoms with E-state index in [-0.39, 0.29) is 5.91 Å². The lowest BCUT2D eigenvalue weighted by Crippen LogP contribution is -2.26. The Morgan fingerprint density at radius 1 is 1.50 bits per heavy atom. The van der Waals surface area contributed by atoms with Gasteiger partial charge in [-0.2, -0.15) is 5.10 Å². The molecule has 7 nitrogen and oxygen atoms in total. The summed E-state index contributed by atoms with van der Waals surface area (Å²) >= 11 is 1.41. The van der Waals surface area contributed by atoms with Crippen molar-refractivity contribution in [2.75, 3.05) is 6.54 Å². The summed E-state index contributed by atoms with van der Waals surface area (Å²) in [5.74, 6) is 0.540. The molecule has 3 aromatic heterocycles. The minimum Gasteiger partial charge on any atom is -0.472 e. The van der Waals surface area contributed by atoms with Crippen LogP contribution in [0.1, 0.15) is 16.3 Å². The summed E-state index contributed by atoms with van der Waals surface area (Å²) in [4.78, 5) is 20.2. The molecule has 3 heterocycles. The Labute approximate surface area is 118 Å². The number of rotatable bonds is 5. The quantitative estimate of drug-likeness (QED) is 0.741. The molecule has 8 heteroatoms. The molecule has 0 aromatic carbocycles. The van der Waals surface area contributed by atoms with E-state index in [1.165, 1.54) is 17.7 Å². The van der Waals surface area contributed by atoms with Crippen LogP contribution in [0.5, 0.6) is 0 Å². The molecule has 1 amide bonds. The van der Waals surface area contributed by atoms with Crippen molar-refractivity contribution < 1.29 is 9.21 Å². The van der Waals surface area contributed by atoms with Crippen LogP contribution < -0.4 is 5.32 Å². The number of carbonyl (C=O) groups is 1. The Kier molecular flexibility index (Phi) is 3.55. The number of nitrogens with zero attached hydrogens (tertiary/aromatic N) is 3. The van der Waals surface area contributed by atoms with Crippen molar-refractivity contribution in [2.24, 2.45) is 0 Å². The summed E-state index contributed by atoms with van der Waals surface area (Å²) in [6.45, 7) is 0.479. The zero-order chi connectivity index (χ0) is 13.8. The molecule has 0 aliphatic rings. The summed E-state index contributed by atoms with van der Waals surface area (Å²) in [6.07, 6.45) is 5.22. The third-order valence-electron chi connectivity index (χ3n) is 2.62. The Morgan fingerprint density at radius 3 is 3.20 bits per heavy atom. The number of carbonyl (C=O) groups excluding carboxylic acids is 1. The van der Waals surface area contributed by atoms with E-state index >= 15 is 0 Å². The van der Waals surface area contributed by atoms with Gasteiger partial charge in [-0.25, -0.2) is 9.97 Å². The van der Waals surface area contributed by atoms with E-state index in [9.17, 15) is 4.79 Å². The van der Waals surface area contributed by atoms with Crippen LogP contribution in [0.2, 0.25) is 0 Å². The molecule has 3 aromatic rings. The summed E-state index contributed by atoms with van der Waals surface area (Å²) in [5.41, 5.74) is 1.28. The van der Waals surface area contributed by atoms with Crippen LogP contribution in [0.25, 0.3) is 10.6 Å². The summed E-state index contributed by atoms with van der Waals surface area (Å²) in [6, 6.07) is 1.81. The number of amides is 1. The molecule has 0 spiro atoms. The first-order valence-electron chi connectivity index (χ1n) is 5.93. The van der Waals surface area contributed by atoms with E-state index in [0.29, 0.717) is 18.7 Å². The van der Waals surface area contributed by atoms with Crippen molar-refractivity contribution in [1.29, 1.82) is 0 Å². The van der Waals surface area contributed by atoms with Gasteiger partial charge in [0.1, 0.15) is 29.1 Å². The van der Waals surface area contributed by atoms with Crippen LogP contribution >= 0.6 is 11.3 Å². The second kappa shape index (κ2) is 5.66. The molecule has 0 fully saturated rings. The lowest BCUT2D eigenvalue weighted by atomic mass is 10.3. The highest BCUT2D eigenvalue weighted by Gasteiger charge is 2.12. The second-order valence-corrected chi connectivity index (χ2v) is 4.85. The molecule has 0 saturated carbocycles. The van der Waals surface area contributed by atoms with Crippen LogP contribution in [-0.2, 0) is 6.42 Å². The standard InChI is InChI=1S/C12H11N5O2S/c18-11(13-3-1-10-14-7-15-17-10)9-6-20-12(16-9)8-2-4-19-5-8/h2,4-7H,1,3H2,(H,13,18)(H,14,15,17). The van der Waals surface area contributed by atoms with Gasteiger partial charge < -0.3 is 9.73 Å². The van der Waals surface area contributed by atoms with Gasteiger partial charge >= 0.3 is 0 Å². The molecule has 2 N–H and O–H groups in total. The first-order chi connectivity index (χ1) is 9.83. The van der Waals surface area contributed by atoms with Gasteiger partial charge in [-0.15, -0.1) is 11.3 Å². The van der Waals surface area contributed by atoms with E-state index in [4.69, 9.17) is 4.42 Å². The molecule has 102 valence electrons. The van der Waals surface area contributed by atoms with Crippen molar-refractivity contribution in [2.45, 2.75) is 6.42 Å². The minimum absolute atomic E-state index is 0.199. The van der Waals surface area contributed by atoms with Gasteiger partial charge in [-0.1, -0.05) is 0 Å². The van der Waals surface area contributed by atoms with E-state index in [1.807, 2.05) is 6.07 Å². The number of aromatic amines is 1. The predicted molar refractivity (Wildman–Crippen MR) is 72.2 cm³/mol. The van der Waals surface area contributed by atoms with Crippen molar-refractivity contribution >= 4 is 17.2 Å². The summed E-state index contributed by atoms with van der Waals surface area (Å²) in [5, 5.41) is 11.8. The highest BCUT2D eigenvalue weighted by atomic mass is 32.1. The monoisotopic (exact) mass is 289 g/mol. The van der Waals surface area contributed by atoms with Gasteiger partial charge in [-0.05, 0) is 6.07 Å². The molecule has 0 saturated heterocycles. The molecule has 0 aliphatic heterocycles. The summed E-state index contributed by atoms with van der Waals surface area (Å²) in [7, 11) is 0. The van der Waals surface area contributed by atoms with E-state index in [0.717, 1.165) is 16.4 Å². The fraction of sp³-hybridized carbons (Fsp3) is 0.167. The number of hydrogen-bond donors (Lipinski definition) is 2. The maximum atomic E-state index is 11.9. The second-order valence-electron chi connectivity index (χ2n) is 3.99. The Bertz CT molecular complexity index is 675. The molecule has 0 bridgehead atoms. The smallest absolute Gasteiger partial charge is 0.270 e. The van der Waals surface area contributed by atoms with Crippen molar-refractivity contribution in [1.82, 2.24) is 25.5 Å². The first-order valence-corrected chi connectivity index (χ1v) is 6.81. The number of hydrogen-bond acceptors (Lipinski definition) is 6. The molecule has 0 unspecified atom stereocenters. The minimum atomic E-state index is -0.199. The highest BCUT2D eigenvalue weighted by Crippen LogP contribution is 2.23. The lowest BCUT2D eigenvalue weighted by molar-refractivity contribution is 0.0950. The van der Waals surface area contributed by atoms with Gasteiger partial charge in [0.2, 0.25) is 0 Å². The highest BCUT2D eigenvalue weighted by molar-refractivity contribution is 7.13. The van der Waals surface area contributed by atoms with Gasteiger partial charge in [0.15, 0.2) is 0 Å². The van der Waals surface area contributed by atoms with E-state index in [1.54, 1.807) is 17.9 Å². The van der Waals surface area contributed by atoms with Crippen molar-refractivity contribution in [3.63, 3.8) is 0 Å². The van der Waals surface area contributed by atoms with E-state index < -0.39 is 0 Å². The van der Waals surface area contributed by atoms with Crippen LogP contribution in [0.15, 0.2) is 34.7 Å². The third kappa shape index (κ3) is 2.75. The maximum absolute atomic E-state index is 11.9. The van der Waals surface area contributed by atoms with Gasteiger partial charge in [0, 0.05) is 23.9 Å². The predicted octanol–water partition coefficient (Wildman–Crippen LogP) is 1.49. The van der Waals surface area contributed by atoms with Crippen LogP contribution in [0.3, 0.4) is 0 Å². The van der Waals surface area contributed by atoms with Crippen LogP contribution in [0.4, 0.5) is 0 Å². The fourth-order valence-corrected chi connectivity index (χ4v) is 2.42. The van der Waals surface area contributed by atoms with Crippen LogP contribution in [0, 0.1) is 0 Å². The normalized spacial score (nSPS) is 10.6. The SMILES string of the molecule is O=C(NCCc1ncn[nH]1)c1csc(-c2ccoc2)n1. The number of nitrogens with one attached hydrogen (secondary N) is 2. The van der Waals surface area contributed by atoms with Gasteiger partial charge in [0.05, 0.1) is 6.26 Å². The van der Waals surface area contributed by atoms with Crippen LogP contribution in [-0.4, -0.2) is 32.6 Å². The molecule has 0 aliphatic carbocycles. The fourth-order valence-electron chi connectivity index (χ4n) is 1.63. The molecule has 0 atom stereocenters. The molecular weight excluding hydrogens is 278 g/mol. The first kappa shape index (κ1) is 12.5. The van der Waals surface area contributed by atoms with Gasteiger partial charge in [0.25, 0.3) is 5.91 Å². The van der Waals surface area contributed by atoms with Crippen molar-refractivity contribution in [3.05, 3.63) is 41.8 Å². The zero-order valence-corrected chi connectivity index (χ0v) is 11.2. The number of aromatic nitrogens is 4. The average molecular weight is 289 g/mol. The Balaban J connectivity index is 1.57. The van der Waals surface area contributed by atoms with Gasteiger partial charge in [-0.3, -0.25) is 9.89 Å². The van der Waals surface area contributed by atoms with Crippen molar-refractivity contribution in [3.8, 4) is 10.6 Å². The largest absolute Gasteiger partial charge is 0.472 e. The average Bonchev–Trinajstić information content (AvgIpc) is 3.20. The Hall–Kier alpha value is -2.48. The van der Waals surface area contributed by atoms with E-state index in [2.05, 4.69) is 25.5 Å². The summed E-state index contributed by atoms with van der Waals surface area (Å²) < 4.78 is 4.99. The number of furan rings is 1. The maximum Gasteiger partial charge on any atom is 0.270 e. The molecule has 20 heavy (non-hydrogen) atoms. The topological polar surface area (TPSA) is 96.7 Å². The molecule has 3 rings (SSSR count). The lowest BCUT2D eigenvalue weighted by Gasteiger charge is -2.00. The number of thiazole rings is 1. The molecule has 0 radical (unpaired) electrons. The molecular formula is C12H11N5O2S. The third-order valence-corrected chi connectivity index (χ3v) is 3.51. The Morgan fingerprint density at radius 2 is 2.45 bits per heavy atom. The number of H-pyrrole nitrogens is 1. The zero-order valence-electron chi connectivity index (χ0n) is 10.4.